The van der Waals surface area contributed by atoms with E-state index in [9.17, 15) is 9.59 Å². The molecule has 0 aliphatic rings. The zero-order chi connectivity index (χ0) is 24.5. The zero-order valence-electron chi connectivity index (χ0n) is 17.8. The molecule has 35 heavy (non-hydrogen) atoms. The largest absolute Gasteiger partial charge is 0.481 e. The Morgan fingerprint density at radius 3 is 2.69 bits per heavy atom. The normalized spacial score (nSPS) is 11.5. The Morgan fingerprint density at radius 2 is 1.86 bits per heavy atom. The van der Waals surface area contributed by atoms with Crippen molar-refractivity contribution in [3.05, 3.63) is 91.6 Å². The Labute approximate surface area is 214 Å². The molecule has 2 heterocycles. The van der Waals surface area contributed by atoms with Gasteiger partial charge in [-0.05, 0) is 54.6 Å². The van der Waals surface area contributed by atoms with Crippen molar-refractivity contribution in [2.75, 3.05) is 6.61 Å². The van der Waals surface area contributed by atoms with Crippen LogP contribution < -0.4 is 10.3 Å². The Morgan fingerprint density at radius 1 is 1.09 bits per heavy atom. The smallest absolute Gasteiger partial charge is 0.341 e. The van der Waals surface area contributed by atoms with Crippen LogP contribution in [0, 0.1) is 0 Å². The van der Waals surface area contributed by atoms with E-state index < -0.39 is 12.6 Å². The molecular formula is C25H15Br2N3O5. The summed E-state index contributed by atoms with van der Waals surface area (Å²) in [6.07, 6.45) is 1.42. The highest BCUT2D eigenvalue weighted by atomic mass is 79.9. The lowest BCUT2D eigenvalue weighted by Gasteiger charge is -2.09. The lowest BCUT2D eigenvalue weighted by molar-refractivity contribution is -0.139. The van der Waals surface area contributed by atoms with Gasteiger partial charge in [-0.1, -0.05) is 44.0 Å². The van der Waals surface area contributed by atoms with E-state index in [0.29, 0.717) is 33.6 Å². The Hall–Kier alpha value is -3.76. The maximum absolute atomic E-state index is 13.4. The molecule has 0 fully saturated rings. The van der Waals surface area contributed by atoms with E-state index in [4.69, 9.17) is 14.3 Å². The Kier molecular flexibility index (Phi) is 6.23. The number of hydrogen-bond donors (Lipinski definition) is 1. The van der Waals surface area contributed by atoms with Crippen LogP contribution in [0.1, 0.15) is 5.56 Å². The van der Waals surface area contributed by atoms with Gasteiger partial charge in [0.2, 0.25) is 5.82 Å². The van der Waals surface area contributed by atoms with Gasteiger partial charge in [0.15, 0.2) is 12.4 Å². The first-order valence-corrected chi connectivity index (χ1v) is 11.9. The van der Waals surface area contributed by atoms with Gasteiger partial charge in [-0.3, -0.25) is 4.79 Å². The van der Waals surface area contributed by atoms with Crippen molar-refractivity contribution >= 4 is 65.9 Å². The molecule has 0 aliphatic carbocycles. The molecule has 1 N–H and O–H groups in total. The van der Waals surface area contributed by atoms with E-state index in [1.165, 1.54) is 6.21 Å². The van der Waals surface area contributed by atoms with Crippen molar-refractivity contribution in [1.29, 1.82) is 0 Å². The minimum atomic E-state index is -1.11. The average molecular weight is 597 g/mol. The van der Waals surface area contributed by atoms with Crippen molar-refractivity contribution in [3.63, 3.8) is 0 Å². The summed E-state index contributed by atoms with van der Waals surface area (Å²) in [5.41, 5.74) is 1.23. The number of carboxylic acid groups (broad SMARTS) is 1. The Bertz CT molecular complexity index is 1690. The second kappa shape index (κ2) is 9.47. The molecule has 8 nitrogen and oxygen atoms in total. The van der Waals surface area contributed by atoms with Crippen molar-refractivity contribution in [1.82, 2.24) is 9.66 Å². The van der Waals surface area contributed by atoms with E-state index in [1.54, 1.807) is 48.5 Å². The molecule has 0 bridgehead atoms. The van der Waals surface area contributed by atoms with Crippen molar-refractivity contribution < 1.29 is 19.1 Å². The molecule has 0 radical (unpaired) electrons. The molecule has 10 heteroatoms. The molecule has 0 unspecified atom stereocenters. The number of para-hydroxylation sites is 1. The Balaban J connectivity index is 1.68. The maximum atomic E-state index is 13.4. The number of fused-ring (bicyclic) bond motifs is 2. The molecule has 5 rings (SSSR count). The first kappa shape index (κ1) is 23.0. The molecule has 0 atom stereocenters. The minimum Gasteiger partial charge on any atom is -0.481 e. The second-order valence-corrected chi connectivity index (χ2v) is 9.30. The van der Waals surface area contributed by atoms with Gasteiger partial charge in [0.25, 0.3) is 5.56 Å². The number of carboxylic acids is 1. The highest BCUT2D eigenvalue weighted by Gasteiger charge is 2.17. The third-order valence-electron chi connectivity index (χ3n) is 5.09. The predicted octanol–water partition coefficient (Wildman–Crippen LogP) is 5.68. The minimum absolute atomic E-state index is 0.222. The summed E-state index contributed by atoms with van der Waals surface area (Å²) >= 11 is 6.85. The van der Waals surface area contributed by atoms with E-state index >= 15 is 0 Å². The summed E-state index contributed by atoms with van der Waals surface area (Å²) in [5, 5.41) is 14.6. The van der Waals surface area contributed by atoms with Crippen LogP contribution in [0.15, 0.2) is 90.0 Å². The highest BCUT2D eigenvalue weighted by molar-refractivity contribution is 9.10. The molecule has 0 spiro atoms. The van der Waals surface area contributed by atoms with Crippen LogP contribution >= 0.6 is 31.9 Å². The number of rotatable bonds is 6. The van der Waals surface area contributed by atoms with Crippen LogP contribution in [-0.4, -0.2) is 33.6 Å². The highest BCUT2D eigenvalue weighted by Crippen LogP contribution is 2.29. The van der Waals surface area contributed by atoms with Gasteiger partial charge in [0.05, 0.1) is 17.1 Å². The molecule has 174 valence electrons. The van der Waals surface area contributed by atoms with E-state index in [2.05, 4.69) is 41.9 Å². The van der Waals surface area contributed by atoms with Crippen molar-refractivity contribution in [2.24, 2.45) is 5.10 Å². The number of ether oxygens (including phenoxy) is 1. The zero-order valence-corrected chi connectivity index (χ0v) is 21.0. The van der Waals surface area contributed by atoms with Crippen LogP contribution in [0.25, 0.3) is 33.5 Å². The molecule has 0 saturated carbocycles. The van der Waals surface area contributed by atoms with Crippen LogP contribution in [0.2, 0.25) is 0 Å². The molecule has 5 aromatic rings. The molecule has 0 aliphatic heterocycles. The van der Waals surface area contributed by atoms with Gasteiger partial charge < -0.3 is 14.3 Å². The first-order chi connectivity index (χ1) is 16.9. The summed E-state index contributed by atoms with van der Waals surface area (Å²) in [6, 6.07) is 19.4. The number of carbonyl (C=O) groups is 1. The summed E-state index contributed by atoms with van der Waals surface area (Å²) in [4.78, 5) is 29.0. The number of halogens is 2. The number of aromatic nitrogens is 2. The predicted molar refractivity (Wildman–Crippen MR) is 139 cm³/mol. The van der Waals surface area contributed by atoms with Gasteiger partial charge in [0, 0.05) is 19.9 Å². The van der Waals surface area contributed by atoms with E-state index in [1.807, 2.05) is 18.2 Å². The van der Waals surface area contributed by atoms with Crippen LogP contribution in [0.4, 0.5) is 0 Å². The topological polar surface area (TPSA) is 107 Å². The molecular weight excluding hydrogens is 582 g/mol. The lowest BCUT2D eigenvalue weighted by atomic mass is 10.2. The molecule has 0 saturated heterocycles. The van der Waals surface area contributed by atoms with Crippen molar-refractivity contribution in [2.45, 2.75) is 0 Å². The van der Waals surface area contributed by atoms with Crippen LogP contribution in [0.5, 0.6) is 5.75 Å². The number of hydrogen-bond acceptors (Lipinski definition) is 6. The number of aliphatic carboxylic acids is 1. The monoisotopic (exact) mass is 595 g/mol. The SMILES string of the molecule is O=C(O)COc1ccc(Br)cc1C=Nn1c(-c2cc3cc(Br)ccc3o2)nc2ccccc2c1=O. The van der Waals surface area contributed by atoms with E-state index in [0.717, 1.165) is 19.0 Å². The van der Waals surface area contributed by atoms with E-state index in [-0.39, 0.29) is 11.4 Å². The molecule has 3 aromatic carbocycles. The maximum Gasteiger partial charge on any atom is 0.341 e. The third kappa shape index (κ3) is 4.75. The first-order valence-electron chi connectivity index (χ1n) is 10.3. The molecule has 2 aromatic heterocycles. The van der Waals surface area contributed by atoms with Crippen LogP contribution in [-0.2, 0) is 4.79 Å². The quantitative estimate of drug-likeness (QED) is 0.253. The fourth-order valence-corrected chi connectivity index (χ4v) is 4.28. The van der Waals surface area contributed by atoms with Gasteiger partial charge in [-0.25, -0.2) is 9.78 Å². The average Bonchev–Trinajstić information content (AvgIpc) is 3.25. The lowest BCUT2D eigenvalue weighted by Crippen LogP contribution is -2.20. The summed E-state index contributed by atoms with van der Waals surface area (Å²) in [6.45, 7) is -0.514. The summed E-state index contributed by atoms with van der Waals surface area (Å²) < 4.78 is 14.2. The number of furan rings is 1. The van der Waals surface area contributed by atoms with Gasteiger partial charge in [-0.15, -0.1) is 0 Å². The third-order valence-corrected chi connectivity index (χ3v) is 6.07. The summed E-state index contributed by atoms with van der Waals surface area (Å²) in [5.74, 6) is -0.212. The number of benzene rings is 3. The second-order valence-electron chi connectivity index (χ2n) is 7.47. The van der Waals surface area contributed by atoms with Gasteiger partial charge in [-0.2, -0.15) is 9.78 Å². The van der Waals surface area contributed by atoms with Gasteiger partial charge >= 0.3 is 5.97 Å². The van der Waals surface area contributed by atoms with Crippen LogP contribution in [0.3, 0.4) is 0 Å². The van der Waals surface area contributed by atoms with Gasteiger partial charge in [0.1, 0.15) is 11.3 Å². The summed E-state index contributed by atoms with van der Waals surface area (Å²) in [7, 11) is 0. The number of nitrogens with zero attached hydrogens (tertiary/aromatic N) is 3. The standard InChI is InChI=1S/C25H15Br2N3O5/c26-16-6-8-21-14(9-16)11-22(35-21)24-29-19-4-2-1-3-18(19)25(33)30(24)28-12-15-10-17(27)5-7-20(15)34-13-23(31)32/h1-12H,13H2,(H,31,32). The fourth-order valence-electron chi connectivity index (χ4n) is 3.53. The molecule has 0 amide bonds. The van der Waals surface area contributed by atoms with Crippen molar-refractivity contribution in [3.8, 4) is 17.3 Å². The fraction of sp³-hybridized carbons (Fsp3) is 0.0400.